The Morgan fingerprint density at radius 1 is 1.10 bits per heavy atom. The van der Waals surface area contributed by atoms with E-state index in [2.05, 4.69) is 10.3 Å². The van der Waals surface area contributed by atoms with E-state index in [9.17, 15) is 14.4 Å². The minimum absolute atomic E-state index is 0.178. The van der Waals surface area contributed by atoms with Crippen molar-refractivity contribution in [2.75, 3.05) is 53.4 Å². The number of carbonyl (C=O) groups excluding carboxylic acids is 3. The molecule has 1 N–H and O–H groups in total. The highest BCUT2D eigenvalue weighted by molar-refractivity contribution is 5.98. The Bertz CT molecular complexity index is 858. The summed E-state index contributed by atoms with van der Waals surface area (Å²) < 4.78 is 5.15. The van der Waals surface area contributed by atoms with Crippen LogP contribution in [0.2, 0.25) is 0 Å². The number of pyridine rings is 1. The van der Waals surface area contributed by atoms with Crippen molar-refractivity contribution in [2.45, 2.75) is 0 Å². The van der Waals surface area contributed by atoms with E-state index >= 15 is 0 Å². The summed E-state index contributed by atoms with van der Waals surface area (Å²) in [5.41, 5.74) is 0.616. The van der Waals surface area contributed by atoms with E-state index in [1.165, 1.54) is 18.5 Å². The first kappa shape index (κ1) is 20.5. The minimum atomic E-state index is -0.310. The number of nitrogens with one attached hydrogen (secondary N) is 1. The monoisotopic (exact) mass is 399 g/mol. The largest absolute Gasteiger partial charge is 0.459 e. The fourth-order valence-electron chi connectivity index (χ4n) is 3.02. The number of amides is 3. The molecule has 9 heteroatoms. The molecule has 0 aliphatic carbocycles. The number of piperazine rings is 1. The van der Waals surface area contributed by atoms with E-state index < -0.39 is 0 Å². The first-order chi connectivity index (χ1) is 14.0. The van der Waals surface area contributed by atoms with Crippen molar-refractivity contribution in [3.63, 3.8) is 0 Å². The van der Waals surface area contributed by atoms with E-state index in [-0.39, 0.29) is 23.4 Å². The maximum absolute atomic E-state index is 12.8. The molecule has 3 rings (SSSR count). The highest BCUT2D eigenvalue weighted by atomic mass is 16.3. The second-order valence-corrected chi connectivity index (χ2v) is 7.05. The second kappa shape index (κ2) is 9.33. The first-order valence-corrected chi connectivity index (χ1v) is 9.47. The number of nitrogens with zero attached hydrogens (tertiary/aromatic N) is 4. The summed E-state index contributed by atoms with van der Waals surface area (Å²) in [6, 6.07) is 6.40. The highest BCUT2D eigenvalue weighted by Crippen LogP contribution is 2.13. The van der Waals surface area contributed by atoms with E-state index in [0.717, 1.165) is 0 Å². The Balaban J connectivity index is 1.57. The molecular weight excluding hydrogens is 374 g/mol. The van der Waals surface area contributed by atoms with E-state index in [1.54, 1.807) is 28.0 Å². The Morgan fingerprint density at radius 3 is 2.41 bits per heavy atom. The third kappa shape index (κ3) is 5.20. The fraction of sp³-hybridized carbons (Fsp3) is 0.400. The number of furan rings is 1. The van der Waals surface area contributed by atoms with Crippen LogP contribution in [0.3, 0.4) is 0 Å². The van der Waals surface area contributed by atoms with E-state index in [1.807, 2.05) is 19.0 Å². The molecule has 0 unspecified atom stereocenters. The zero-order valence-electron chi connectivity index (χ0n) is 16.6. The molecule has 3 amide bonds. The molecule has 154 valence electrons. The van der Waals surface area contributed by atoms with Gasteiger partial charge in [0.25, 0.3) is 17.7 Å². The normalized spacial score (nSPS) is 14.2. The van der Waals surface area contributed by atoms with Crippen LogP contribution in [0.5, 0.6) is 0 Å². The molecule has 1 aliphatic rings. The van der Waals surface area contributed by atoms with Crippen molar-refractivity contribution in [2.24, 2.45) is 0 Å². The van der Waals surface area contributed by atoms with E-state index in [0.29, 0.717) is 50.6 Å². The average Bonchev–Trinajstić information content (AvgIpc) is 3.27. The average molecular weight is 399 g/mol. The third-order valence-corrected chi connectivity index (χ3v) is 4.67. The van der Waals surface area contributed by atoms with Gasteiger partial charge in [-0.15, -0.1) is 0 Å². The van der Waals surface area contributed by atoms with Gasteiger partial charge in [0.15, 0.2) is 5.76 Å². The van der Waals surface area contributed by atoms with Gasteiger partial charge in [0, 0.05) is 51.0 Å². The molecule has 0 atom stereocenters. The smallest absolute Gasteiger partial charge is 0.289 e. The standard InChI is InChI=1S/C20H25N5O4/c1-23(2)8-7-22-18(26)16-14-15(5-6-21-16)19(27)24-9-11-25(12-10-24)20(28)17-4-3-13-29-17/h3-6,13-14H,7-12H2,1-2H3,(H,22,26). The highest BCUT2D eigenvalue weighted by Gasteiger charge is 2.27. The van der Waals surface area contributed by atoms with Crippen molar-refractivity contribution in [1.82, 2.24) is 25.0 Å². The van der Waals surface area contributed by atoms with Crippen molar-refractivity contribution in [1.29, 1.82) is 0 Å². The summed E-state index contributed by atoms with van der Waals surface area (Å²) in [5.74, 6) is -0.373. The molecule has 3 heterocycles. The lowest BCUT2D eigenvalue weighted by Gasteiger charge is -2.34. The number of carbonyl (C=O) groups is 3. The predicted octanol–water partition coefficient (Wildman–Crippen LogP) is 0.564. The van der Waals surface area contributed by atoms with Crippen LogP contribution >= 0.6 is 0 Å². The number of hydrogen-bond donors (Lipinski definition) is 1. The number of hydrogen-bond acceptors (Lipinski definition) is 6. The minimum Gasteiger partial charge on any atom is -0.459 e. The van der Waals surface area contributed by atoms with Crippen LogP contribution in [0.25, 0.3) is 0 Å². The quantitative estimate of drug-likeness (QED) is 0.762. The van der Waals surface area contributed by atoms with Gasteiger partial charge in [-0.25, -0.2) is 0 Å². The van der Waals surface area contributed by atoms with Gasteiger partial charge in [0.2, 0.25) is 0 Å². The Labute approximate surface area is 169 Å². The molecule has 1 saturated heterocycles. The lowest BCUT2D eigenvalue weighted by molar-refractivity contribution is 0.0518. The van der Waals surface area contributed by atoms with Gasteiger partial charge in [-0.3, -0.25) is 19.4 Å². The van der Waals surface area contributed by atoms with Gasteiger partial charge in [0.05, 0.1) is 6.26 Å². The van der Waals surface area contributed by atoms with Gasteiger partial charge < -0.3 is 24.4 Å². The van der Waals surface area contributed by atoms with Gasteiger partial charge >= 0.3 is 0 Å². The molecular formula is C20H25N5O4. The summed E-state index contributed by atoms with van der Waals surface area (Å²) in [5, 5.41) is 2.79. The van der Waals surface area contributed by atoms with Crippen molar-refractivity contribution in [3.8, 4) is 0 Å². The number of aromatic nitrogens is 1. The van der Waals surface area contributed by atoms with Crippen molar-refractivity contribution in [3.05, 3.63) is 53.7 Å². The van der Waals surface area contributed by atoms with Gasteiger partial charge in [-0.05, 0) is 38.4 Å². The summed E-state index contributed by atoms with van der Waals surface area (Å²) in [7, 11) is 3.84. The molecule has 29 heavy (non-hydrogen) atoms. The third-order valence-electron chi connectivity index (χ3n) is 4.67. The van der Waals surface area contributed by atoms with Crippen LogP contribution in [0.1, 0.15) is 31.4 Å². The molecule has 1 fully saturated rings. The van der Waals surface area contributed by atoms with Gasteiger partial charge in [0.1, 0.15) is 5.69 Å². The topological polar surface area (TPSA) is 99.0 Å². The predicted molar refractivity (Wildman–Crippen MR) is 106 cm³/mol. The number of likely N-dealkylation sites (N-methyl/N-ethyl adjacent to an activating group) is 1. The van der Waals surface area contributed by atoms with Crippen LogP contribution in [0.4, 0.5) is 0 Å². The van der Waals surface area contributed by atoms with Crippen LogP contribution < -0.4 is 5.32 Å². The fourth-order valence-corrected chi connectivity index (χ4v) is 3.02. The molecule has 9 nitrogen and oxygen atoms in total. The summed E-state index contributed by atoms with van der Waals surface area (Å²) in [6.07, 6.45) is 2.93. The summed E-state index contributed by atoms with van der Waals surface area (Å²) in [4.78, 5) is 46.8. The maximum Gasteiger partial charge on any atom is 0.289 e. The second-order valence-electron chi connectivity index (χ2n) is 7.05. The Morgan fingerprint density at radius 2 is 1.79 bits per heavy atom. The Kier molecular flexibility index (Phi) is 6.61. The molecule has 0 aromatic carbocycles. The zero-order chi connectivity index (χ0) is 20.8. The van der Waals surface area contributed by atoms with Crippen LogP contribution in [0.15, 0.2) is 41.1 Å². The Hall–Kier alpha value is -3.20. The lowest BCUT2D eigenvalue weighted by Crippen LogP contribution is -2.50. The van der Waals surface area contributed by atoms with Crippen LogP contribution in [0, 0.1) is 0 Å². The first-order valence-electron chi connectivity index (χ1n) is 9.47. The van der Waals surface area contributed by atoms with Crippen LogP contribution in [-0.4, -0.2) is 90.8 Å². The molecule has 2 aromatic heterocycles. The van der Waals surface area contributed by atoms with E-state index in [4.69, 9.17) is 4.42 Å². The molecule has 0 radical (unpaired) electrons. The van der Waals surface area contributed by atoms with Crippen LogP contribution in [-0.2, 0) is 0 Å². The van der Waals surface area contributed by atoms with Crippen molar-refractivity contribution < 1.29 is 18.8 Å². The molecule has 0 spiro atoms. The summed E-state index contributed by atoms with van der Waals surface area (Å²) >= 11 is 0. The molecule has 2 aromatic rings. The van der Waals surface area contributed by atoms with Gasteiger partial charge in [-0.2, -0.15) is 0 Å². The number of rotatable bonds is 6. The zero-order valence-corrected chi connectivity index (χ0v) is 16.6. The van der Waals surface area contributed by atoms with Gasteiger partial charge in [-0.1, -0.05) is 0 Å². The molecule has 0 saturated carbocycles. The summed E-state index contributed by atoms with van der Waals surface area (Å²) in [6.45, 7) is 2.89. The SMILES string of the molecule is CN(C)CCNC(=O)c1cc(C(=O)N2CCN(C(=O)c3ccco3)CC2)ccn1. The van der Waals surface area contributed by atoms with Crippen molar-refractivity contribution >= 4 is 17.7 Å². The maximum atomic E-state index is 12.8. The molecule has 1 aliphatic heterocycles. The molecule has 0 bridgehead atoms. The lowest BCUT2D eigenvalue weighted by atomic mass is 10.1.